The van der Waals surface area contributed by atoms with E-state index in [1.54, 1.807) is 38.1 Å². The average molecular weight is 397 g/mol. The van der Waals surface area contributed by atoms with Crippen LogP contribution < -0.4 is 5.32 Å². The monoisotopic (exact) mass is 397 g/mol. The van der Waals surface area contributed by atoms with Crippen LogP contribution in [-0.2, 0) is 4.79 Å². The molecule has 28 heavy (non-hydrogen) atoms. The number of nitrogens with zero attached hydrogens (tertiary/aromatic N) is 2. The zero-order valence-electron chi connectivity index (χ0n) is 15.7. The van der Waals surface area contributed by atoms with Gasteiger partial charge in [-0.25, -0.2) is 0 Å². The highest BCUT2D eigenvalue weighted by Crippen LogP contribution is 2.29. The van der Waals surface area contributed by atoms with Crippen LogP contribution in [0.4, 0.5) is 5.88 Å². The summed E-state index contributed by atoms with van der Waals surface area (Å²) in [5, 5.41) is 11.9. The maximum absolute atomic E-state index is 13.0. The maximum Gasteiger partial charge on any atom is 0.262 e. The second-order valence-electron chi connectivity index (χ2n) is 6.41. The number of nitriles is 1. The molecule has 1 N–H and O–H groups in total. The number of fused-ring (bicyclic) bond motifs is 1. The normalized spacial score (nSPS) is 14.0. The average Bonchev–Trinajstić information content (AvgIpc) is 3.10. The lowest BCUT2D eigenvalue weighted by molar-refractivity contribution is -0.120. The van der Waals surface area contributed by atoms with Gasteiger partial charge in [-0.2, -0.15) is 17.0 Å². The Morgan fingerprint density at radius 1 is 1.25 bits per heavy atom. The molecule has 8 heteroatoms. The Morgan fingerprint density at radius 2 is 1.86 bits per heavy atom. The topological polar surface area (TPSA) is 103 Å². The van der Waals surface area contributed by atoms with Crippen molar-refractivity contribution in [2.45, 2.75) is 26.3 Å². The number of furan rings is 1. The van der Waals surface area contributed by atoms with Gasteiger partial charge in [-0.1, -0.05) is 12.1 Å². The van der Waals surface area contributed by atoms with Gasteiger partial charge in [0.25, 0.3) is 11.8 Å². The molecule has 0 saturated carbocycles. The van der Waals surface area contributed by atoms with Crippen LogP contribution in [0, 0.1) is 25.2 Å². The molecule has 1 aliphatic heterocycles. The third-order valence-corrected chi connectivity index (χ3v) is 5.41. The highest BCUT2D eigenvalue weighted by Gasteiger charge is 2.42. The van der Waals surface area contributed by atoms with Crippen molar-refractivity contribution in [1.29, 1.82) is 5.26 Å². The van der Waals surface area contributed by atoms with E-state index in [0.717, 1.165) is 4.90 Å². The molecule has 0 spiro atoms. The molecular formula is C20H19N3O4S. The Kier molecular flexibility index (Phi) is 5.56. The number of imide groups is 1. The molecule has 0 saturated heterocycles. The fourth-order valence-corrected chi connectivity index (χ4v) is 3.60. The quantitative estimate of drug-likeness (QED) is 0.751. The van der Waals surface area contributed by atoms with Gasteiger partial charge in [-0.3, -0.25) is 24.6 Å². The van der Waals surface area contributed by atoms with Crippen LogP contribution in [0.3, 0.4) is 0 Å². The lowest BCUT2D eigenvalue weighted by atomic mass is 10.1. The number of rotatable bonds is 6. The number of anilines is 1. The summed E-state index contributed by atoms with van der Waals surface area (Å²) in [4.78, 5) is 39.6. The van der Waals surface area contributed by atoms with Crippen LogP contribution in [0.1, 0.15) is 44.0 Å². The van der Waals surface area contributed by atoms with Crippen LogP contribution in [0.5, 0.6) is 0 Å². The van der Waals surface area contributed by atoms with E-state index in [-0.39, 0.29) is 22.6 Å². The van der Waals surface area contributed by atoms with Gasteiger partial charge < -0.3 is 4.42 Å². The first-order valence-electron chi connectivity index (χ1n) is 8.67. The van der Waals surface area contributed by atoms with Crippen LogP contribution in [-0.4, -0.2) is 40.7 Å². The van der Waals surface area contributed by atoms with E-state index in [2.05, 4.69) is 5.32 Å². The fourth-order valence-electron chi connectivity index (χ4n) is 3.14. The molecule has 1 aromatic heterocycles. The largest absolute Gasteiger partial charge is 0.444 e. The zero-order chi connectivity index (χ0) is 20.4. The first-order chi connectivity index (χ1) is 13.4. The van der Waals surface area contributed by atoms with Crippen molar-refractivity contribution in [1.82, 2.24) is 4.90 Å². The second-order valence-corrected chi connectivity index (χ2v) is 7.40. The Labute approximate surface area is 166 Å². The predicted octanol–water partition coefficient (Wildman–Crippen LogP) is 3.12. The molecule has 144 valence electrons. The summed E-state index contributed by atoms with van der Waals surface area (Å²) < 4.78 is 5.49. The summed E-state index contributed by atoms with van der Waals surface area (Å²) in [7, 11) is 0. The van der Waals surface area contributed by atoms with Gasteiger partial charge in [0.2, 0.25) is 11.8 Å². The van der Waals surface area contributed by atoms with Gasteiger partial charge in [0.15, 0.2) is 0 Å². The Hall–Kier alpha value is -3.05. The van der Waals surface area contributed by atoms with E-state index in [1.165, 1.54) is 11.8 Å². The summed E-state index contributed by atoms with van der Waals surface area (Å²) in [6.45, 7) is 3.42. The molecule has 0 radical (unpaired) electrons. The summed E-state index contributed by atoms with van der Waals surface area (Å²) in [6, 6.07) is 7.52. The van der Waals surface area contributed by atoms with Gasteiger partial charge >= 0.3 is 0 Å². The highest BCUT2D eigenvalue weighted by molar-refractivity contribution is 7.98. The van der Waals surface area contributed by atoms with E-state index >= 15 is 0 Å². The summed E-state index contributed by atoms with van der Waals surface area (Å²) in [5.41, 5.74) is 1.45. The molecule has 7 nitrogen and oxygen atoms in total. The number of carbonyl (C=O) groups is 3. The van der Waals surface area contributed by atoms with E-state index < -0.39 is 23.8 Å². The zero-order valence-corrected chi connectivity index (χ0v) is 16.6. The van der Waals surface area contributed by atoms with Crippen molar-refractivity contribution in [2.75, 3.05) is 17.3 Å². The summed E-state index contributed by atoms with van der Waals surface area (Å²) in [5.74, 6) is -0.411. The molecule has 3 amide bonds. The van der Waals surface area contributed by atoms with Crippen molar-refractivity contribution in [3.05, 3.63) is 52.3 Å². The van der Waals surface area contributed by atoms with E-state index in [0.29, 0.717) is 23.5 Å². The number of carbonyl (C=O) groups excluding carboxylic acids is 3. The number of benzene rings is 1. The second kappa shape index (κ2) is 7.90. The molecule has 1 aliphatic rings. The van der Waals surface area contributed by atoms with Crippen molar-refractivity contribution < 1.29 is 18.8 Å². The molecule has 1 atom stereocenters. The molecule has 3 rings (SSSR count). The first-order valence-corrected chi connectivity index (χ1v) is 10.1. The molecule has 0 fully saturated rings. The standard InChI is InChI=1S/C20H19N3O4S/c1-11-12(2)27-18(15(11)10-21)22-17(24)16(8-9-28-3)23-19(25)13-6-4-5-7-14(13)20(23)26/h4-7,16H,8-9H2,1-3H3,(H,22,24). The number of thioether (sulfide) groups is 1. The minimum atomic E-state index is -1.00. The molecule has 0 aliphatic carbocycles. The highest BCUT2D eigenvalue weighted by atomic mass is 32.2. The van der Waals surface area contributed by atoms with Gasteiger partial charge in [-0.15, -0.1) is 0 Å². The Balaban J connectivity index is 1.92. The van der Waals surface area contributed by atoms with E-state index in [4.69, 9.17) is 4.42 Å². The van der Waals surface area contributed by atoms with Gasteiger partial charge in [0, 0.05) is 5.56 Å². The van der Waals surface area contributed by atoms with Gasteiger partial charge in [0.05, 0.1) is 11.1 Å². The first kappa shape index (κ1) is 19.7. The van der Waals surface area contributed by atoms with Crippen molar-refractivity contribution >= 4 is 35.4 Å². The third kappa shape index (κ3) is 3.29. The molecule has 2 heterocycles. The minimum Gasteiger partial charge on any atom is -0.444 e. The maximum atomic E-state index is 13.0. The number of amides is 3. The van der Waals surface area contributed by atoms with Crippen molar-refractivity contribution in [3.8, 4) is 6.07 Å². The van der Waals surface area contributed by atoms with Gasteiger partial charge in [0.1, 0.15) is 23.4 Å². The predicted molar refractivity (Wildman–Crippen MR) is 105 cm³/mol. The number of aryl methyl sites for hydroxylation is 1. The van der Waals surface area contributed by atoms with Crippen molar-refractivity contribution in [3.63, 3.8) is 0 Å². The molecule has 1 aromatic carbocycles. The smallest absolute Gasteiger partial charge is 0.262 e. The lowest BCUT2D eigenvalue weighted by Crippen LogP contribution is -2.47. The Morgan fingerprint density at radius 3 is 2.39 bits per heavy atom. The van der Waals surface area contributed by atoms with Gasteiger partial charge in [-0.05, 0) is 44.4 Å². The van der Waals surface area contributed by atoms with E-state index in [1.807, 2.05) is 12.3 Å². The van der Waals surface area contributed by atoms with E-state index in [9.17, 15) is 19.6 Å². The molecule has 0 bridgehead atoms. The molecule has 2 aromatic rings. The van der Waals surface area contributed by atoms with Crippen LogP contribution in [0.2, 0.25) is 0 Å². The third-order valence-electron chi connectivity index (χ3n) is 4.77. The molecule has 1 unspecified atom stereocenters. The summed E-state index contributed by atoms with van der Waals surface area (Å²) >= 11 is 1.51. The SMILES string of the molecule is CSCCC(C(=O)Nc1oc(C)c(C)c1C#N)N1C(=O)c2ccccc2C1=O. The number of hydrogen-bond donors (Lipinski definition) is 1. The summed E-state index contributed by atoms with van der Waals surface area (Å²) in [6.07, 6.45) is 2.17. The van der Waals surface area contributed by atoms with Crippen LogP contribution in [0.15, 0.2) is 28.7 Å². The number of hydrogen-bond acceptors (Lipinski definition) is 6. The minimum absolute atomic E-state index is 0.0354. The fraction of sp³-hybridized carbons (Fsp3) is 0.300. The molecular weight excluding hydrogens is 378 g/mol. The van der Waals surface area contributed by atoms with Crippen molar-refractivity contribution in [2.24, 2.45) is 0 Å². The van der Waals surface area contributed by atoms with Crippen LogP contribution >= 0.6 is 11.8 Å². The van der Waals surface area contributed by atoms with Crippen LogP contribution in [0.25, 0.3) is 0 Å². The Bertz CT molecular complexity index is 970. The lowest BCUT2D eigenvalue weighted by Gasteiger charge is -2.24. The number of nitrogens with one attached hydrogen (secondary N) is 1.